The van der Waals surface area contributed by atoms with E-state index >= 15 is 0 Å². The molecule has 0 aliphatic heterocycles. The first-order valence-corrected chi connectivity index (χ1v) is 12.8. The highest BCUT2D eigenvalue weighted by Gasteiger charge is 2.24. The topological polar surface area (TPSA) is 135 Å². The number of nitrogens with one attached hydrogen (secondary N) is 3. The standard InChI is InChI=1S/C29H29N5O2.CH3NO/c1-4-9-31-29(35)24-6-5-10-30-27(24)32-15-19-11-21(13-23(12-19)36-18(2)3)26-17-34-28-25(26)14-22(16-33-28)20-7-8-20;2-1-3/h1,5-6,10-14,16-18,20H,7-9,15H2,2-3H3,(H,30,32)(H,31,35)(H,33,34);1H,(H2,2,3). The van der Waals surface area contributed by atoms with Crippen LogP contribution in [0.15, 0.2) is 55.0 Å². The Kier molecular flexibility index (Phi) is 8.79. The number of H-pyrrole nitrogens is 1. The molecule has 39 heavy (non-hydrogen) atoms. The van der Waals surface area contributed by atoms with E-state index in [1.807, 2.05) is 32.3 Å². The molecule has 0 bridgehead atoms. The Morgan fingerprint density at radius 1 is 1.28 bits per heavy atom. The van der Waals surface area contributed by atoms with Gasteiger partial charge in [-0.2, -0.15) is 0 Å². The number of anilines is 1. The molecule has 1 fully saturated rings. The van der Waals surface area contributed by atoms with Gasteiger partial charge in [0.15, 0.2) is 0 Å². The normalized spacial score (nSPS) is 12.3. The number of ether oxygens (including phenoxy) is 1. The van der Waals surface area contributed by atoms with Crippen molar-refractivity contribution in [3.8, 4) is 29.2 Å². The minimum atomic E-state index is -0.265. The van der Waals surface area contributed by atoms with Crippen LogP contribution >= 0.6 is 0 Å². The van der Waals surface area contributed by atoms with Gasteiger partial charge in [-0.05, 0) is 85.7 Å². The summed E-state index contributed by atoms with van der Waals surface area (Å²) in [6.45, 7) is 4.64. The number of aromatic amines is 1. The Balaban J connectivity index is 0.00000112. The summed E-state index contributed by atoms with van der Waals surface area (Å²) >= 11 is 0. The van der Waals surface area contributed by atoms with Crippen LogP contribution in [0.1, 0.15) is 54.1 Å². The van der Waals surface area contributed by atoms with Crippen molar-refractivity contribution in [1.82, 2.24) is 20.3 Å². The second-order valence-corrected chi connectivity index (χ2v) is 9.45. The summed E-state index contributed by atoms with van der Waals surface area (Å²) in [5.74, 6) is 4.06. The molecule has 1 aliphatic carbocycles. The summed E-state index contributed by atoms with van der Waals surface area (Å²) in [7, 11) is 0. The van der Waals surface area contributed by atoms with Gasteiger partial charge >= 0.3 is 0 Å². The molecule has 1 aromatic carbocycles. The fourth-order valence-corrected chi connectivity index (χ4v) is 4.30. The first-order chi connectivity index (χ1) is 18.9. The number of benzene rings is 1. The molecule has 0 saturated heterocycles. The summed E-state index contributed by atoms with van der Waals surface area (Å²) in [4.78, 5) is 33.4. The molecular formula is C30H32N6O3. The number of pyridine rings is 2. The molecule has 5 rings (SSSR count). The van der Waals surface area contributed by atoms with E-state index in [0.29, 0.717) is 23.8 Å². The second kappa shape index (κ2) is 12.6. The van der Waals surface area contributed by atoms with E-state index in [9.17, 15) is 4.79 Å². The van der Waals surface area contributed by atoms with Crippen LogP contribution in [0, 0.1) is 12.3 Å². The van der Waals surface area contributed by atoms with E-state index in [4.69, 9.17) is 16.0 Å². The summed E-state index contributed by atoms with van der Waals surface area (Å²) < 4.78 is 6.08. The average Bonchev–Trinajstić information content (AvgIpc) is 3.69. The maximum absolute atomic E-state index is 12.5. The number of carbonyl (C=O) groups is 2. The van der Waals surface area contributed by atoms with Gasteiger partial charge in [0.05, 0.1) is 18.2 Å². The Morgan fingerprint density at radius 3 is 2.79 bits per heavy atom. The number of nitrogens with two attached hydrogens (primary N) is 1. The van der Waals surface area contributed by atoms with Crippen LogP contribution in [0.4, 0.5) is 5.82 Å². The number of carbonyl (C=O) groups excluding carboxylic acids is 2. The van der Waals surface area contributed by atoms with Crippen molar-refractivity contribution in [2.45, 2.75) is 45.3 Å². The first-order valence-electron chi connectivity index (χ1n) is 12.8. The van der Waals surface area contributed by atoms with Crippen LogP contribution in [0.2, 0.25) is 0 Å². The van der Waals surface area contributed by atoms with E-state index in [1.165, 1.54) is 18.4 Å². The number of rotatable bonds is 9. The molecule has 0 atom stereocenters. The molecule has 0 spiro atoms. The summed E-state index contributed by atoms with van der Waals surface area (Å²) in [6, 6.07) is 11.9. The minimum Gasteiger partial charge on any atom is -0.491 e. The van der Waals surface area contributed by atoms with Gasteiger partial charge in [0, 0.05) is 36.1 Å². The van der Waals surface area contributed by atoms with Gasteiger partial charge in [-0.15, -0.1) is 6.42 Å². The van der Waals surface area contributed by atoms with Crippen LogP contribution in [0.5, 0.6) is 5.75 Å². The lowest BCUT2D eigenvalue weighted by Gasteiger charge is -2.15. The van der Waals surface area contributed by atoms with Gasteiger partial charge in [0.25, 0.3) is 5.91 Å². The lowest BCUT2D eigenvalue weighted by Crippen LogP contribution is -2.25. The van der Waals surface area contributed by atoms with E-state index in [0.717, 1.165) is 33.5 Å². The van der Waals surface area contributed by atoms with Crippen molar-refractivity contribution in [2.24, 2.45) is 5.73 Å². The zero-order valence-corrected chi connectivity index (χ0v) is 22.0. The molecule has 2 amide bonds. The van der Waals surface area contributed by atoms with Crippen molar-refractivity contribution in [1.29, 1.82) is 0 Å². The highest BCUT2D eigenvalue weighted by molar-refractivity contribution is 5.99. The molecule has 1 saturated carbocycles. The van der Waals surface area contributed by atoms with E-state index in [2.05, 4.69) is 55.4 Å². The van der Waals surface area contributed by atoms with Crippen molar-refractivity contribution >= 4 is 29.2 Å². The van der Waals surface area contributed by atoms with Gasteiger partial charge in [0.1, 0.15) is 17.2 Å². The Morgan fingerprint density at radius 2 is 2.08 bits per heavy atom. The Labute approximate surface area is 227 Å². The zero-order valence-electron chi connectivity index (χ0n) is 22.0. The maximum Gasteiger partial charge on any atom is 0.255 e. The zero-order chi connectivity index (χ0) is 27.8. The molecule has 0 unspecified atom stereocenters. The third-order valence-electron chi connectivity index (χ3n) is 6.11. The lowest BCUT2D eigenvalue weighted by atomic mass is 10.0. The molecule has 0 radical (unpaired) electrons. The molecule has 1 aliphatic rings. The van der Waals surface area contributed by atoms with Crippen LogP contribution < -0.4 is 21.1 Å². The SMILES string of the molecule is C#CCNC(=O)c1cccnc1NCc1cc(OC(C)C)cc(-c2c[nH]c3ncc(C4CC4)cc23)c1.NC=O. The molecule has 9 nitrogen and oxygen atoms in total. The van der Waals surface area contributed by atoms with Crippen LogP contribution in [0.3, 0.4) is 0 Å². The predicted octanol–water partition coefficient (Wildman–Crippen LogP) is 4.37. The van der Waals surface area contributed by atoms with Crippen LogP contribution in [-0.2, 0) is 11.3 Å². The molecule has 3 aromatic heterocycles. The monoisotopic (exact) mass is 524 g/mol. The second-order valence-electron chi connectivity index (χ2n) is 9.45. The average molecular weight is 525 g/mol. The molecule has 4 aromatic rings. The van der Waals surface area contributed by atoms with Gasteiger partial charge in [0.2, 0.25) is 6.41 Å². The summed E-state index contributed by atoms with van der Waals surface area (Å²) in [6.07, 6.45) is 13.7. The molecule has 200 valence electrons. The number of terminal acetylenes is 1. The van der Waals surface area contributed by atoms with Crippen molar-refractivity contribution in [2.75, 3.05) is 11.9 Å². The van der Waals surface area contributed by atoms with Gasteiger partial charge in [-0.1, -0.05) is 5.92 Å². The number of hydrogen-bond acceptors (Lipinski definition) is 6. The van der Waals surface area contributed by atoms with Crippen molar-refractivity contribution in [3.63, 3.8) is 0 Å². The number of hydrogen-bond donors (Lipinski definition) is 4. The van der Waals surface area contributed by atoms with E-state index in [-0.39, 0.29) is 25.0 Å². The largest absolute Gasteiger partial charge is 0.491 e. The first kappa shape index (κ1) is 27.2. The number of nitrogens with zero attached hydrogens (tertiary/aromatic N) is 2. The van der Waals surface area contributed by atoms with Gasteiger partial charge in [-0.3, -0.25) is 9.59 Å². The van der Waals surface area contributed by atoms with Crippen LogP contribution in [0.25, 0.3) is 22.2 Å². The van der Waals surface area contributed by atoms with Crippen molar-refractivity contribution in [3.05, 3.63) is 71.7 Å². The van der Waals surface area contributed by atoms with Crippen LogP contribution in [-0.4, -0.2) is 39.9 Å². The lowest BCUT2D eigenvalue weighted by molar-refractivity contribution is -0.106. The Bertz CT molecular complexity index is 1500. The minimum absolute atomic E-state index is 0.0365. The maximum atomic E-state index is 12.5. The molecule has 5 N–H and O–H groups in total. The number of aromatic nitrogens is 3. The van der Waals surface area contributed by atoms with E-state index in [1.54, 1.807) is 18.3 Å². The van der Waals surface area contributed by atoms with E-state index < -0.39 is 0 Å². The molecular weight excluding hydrogens is 492 g/mol. The quantitative estimate of drug-likeness (QED) is 0.190. The number of primary amides is 1. The number of fused-ring (bicyclic) bond motifs is 1. The fourth-order valence-electron chi connectivity index (χ4n) is 4.30. The smallest absolute Gasteiger partial charge is 0.255 e. The third-order valence-corrected chi connectivity index (χ3v) is 6.11. The molecule has 3 heterocycles. The molecule has 9 heteroatoms. The summed E-state index contributed by atoms with van der Waals surface area (Å²) in [5, 5.41) is 7.11. The fraction of sp³-hybridized carbons (Fsp3) is 0.267. The van der Waals surface area contributed by atoms with Gasteiger partial charge in [-0.25, -0.2) is 9.97 Å². The Hall–Kier alpha value is -4.84. The number of amides is 2. The van der Waals surface area contributed by atoms with Gasteiger partial charge < -0.3 is 26.1 Å². The predicted molar refractivity (Wildman–Crippen MR) is 152 cm³/mol. The van der Waals surface area contributed by atoms with Crippen molar-refractivity contribution < 1.29 is 14.3 Å². The summed E-state index contributed by atoms with van der Waals surface area (Å²) in [5.41, 5.74) is 9.91. The highest BCUT2D eigenvalue weighted by Crippen LogP contribution is 2.41. The third kappa shape index (κ3) is 6.93. The highest BCUT2D eigenvalue weighted by atomic mass is 16.5.